The average molecular weight is 936 g/mol. The molecule has 3 heterocycles. The van der Waals surface area contributed by atoms with Crippen molar-refractivity contribution >= 4 is 62.7 Å². The maximum Gasteiger partial charge on any atom is 0.324 e. The molecule has 1 unspecified atom stereocenters. The van der Waals surface area contributed by atoms with Crippen LogP contribution in [0.3, 0.4) is 0 Å². The molecule has 4 aromatic carbocycles. The van der Waals surface area contributed by atoms with E-state index >= 15 is 4.39 Å². The fourth-order valence-corrected chi connectivity index (χ4v) is 11.8. The van der Waals surface area contributed by atoms with Gasteiger partial charge in [0.15, 0.2) is 9.84 Å². The van der Waals surface area contributed by atoms with Gasteiger partial charge in [0.1, 0.15) is 11.5 Å². The summed E-state index contributed by atoms with van der Waals surface area (Å²) in [5.74, 6) is -0.476. The predicted molar refractivity (Wildman–Crippen MR) is 255 cm³/mol. The van der Waals surface area contributed by atoms with E-state index in [2.05, 4.69) is 25.1 Å². The molecule has 2 saturated heterocycles. The number of nitro groups is 1. The number of hydrogen-bond donors (Lipinski definition) is 2. The smallest absolute Gasteiger partial charge is 0.324 e. The Morgan fingerprint density at radius 1 is 0.906 bits per heavy atom. The van der Waals surface area contributed by atoms with Crippen molar-refractivity contribution in [2.24, 2.45) is 0 Å². The Morgan fingerprint density at radius 2 is 1.56 bits per heavy atom. The summed E-state index contributed by atoms with van der Waals surface area (Å²) in [4.78, 5) is 18.4. The van der Waals surface area contributed by atoms with Crippen molar-refractivity contribution in [2.75, 3.05) is 98.6 Å². The second kappa shape index (κ2) is 20.1. The molecule has 5 aromatic rings. The second-order valence-corrected chi connectivity index (χ2v) is 20.9. The zero-order valence-corrected chi connectivity index (χ0v) is 39.3. The topological polar surface area (TPSA) is 152 Å². The molecule has 0 saturated carbocycles. The van der Waals surface area contributed by atoms with Gasteiger partial charge in [-0.3, -0.25) is 19.6 Å². The van der Waals surface area contributed by atoms with E-state index < -0.39 is 28.1 Å². The number of rotatable bonds is 17. The number of halogens is 2. The molecule has 0 spiro atoms. The van der Waals surface area contributed by atoms with Crippen LogP contribution in [0.4, 0.5) is 32.8 Å². The van der Waals surface area contributed by atoms with Gasteiger partial charge in [0.25, 0.3) is 5.69 Å². The predicted octanol–water partition coefficient (Wildman–Crippen LogP) is 9.24. The highest BCUT2D eigenvalue weighted by Crippen LogP contribution is 2.48. The summed E-state index contributed by atoms with van der Waals surface area (Å²) < 4.78 is 70.2. The summed E-state index contributed by atoms with van der Waals surface area (Å²) in [5.41, 5.74) is 5.20. The molecule has 64 heavy (non-hydrogen) atoms. The van der Waals surface area contributed by atoms with Gasteiger partial charge in [-0.15, -0.1) is 0 Å². The van der Waals surface area contributed by atoms with E-state index in [-0.39, 0.29) is 28.5 Å². The van der Waals surface area contributed by atoms with Gasteiger partial charge in [-0.2, -0.15) is 0 Å². The first kappa shape index (κ1) is 47.0. The second-order valence-electron chi connectivity index (χ2n) is 16.4. The summed E-state index contributed by atoms with van der Waals surface area (Å²) in [7, 11) is -7.53. The lowest BCUT2D eigenvalue weighted by Gasteiger charge is -2.37. The lowest BCUT2D eigenvalue weighted by Crippen LogP contribution is -2.46. The molecular formula is C46H56ClFN7O7PS. The Bertz CT molecular complexity index is 2620. The highest BCUT2D eigenvalue weighted by atomic mass is 35.5. The van der Waals surface area contributed by atoms with Crippen LogP contribution in [0.25, 0.3) is 22.4 Å². The summed E-state index contributed by atoms with van der Waals surface area (Å²) in [5, 5.41) is 19.1. The number of aromatic nitrogens is 1. The molecule has 342 valence electrons. The first-order valence-corrected chi connectivity index (χ1v) is 25.4. The number of hydrogen-bond acceptors (Lipinski definition) is 11. The summed E-state index contributed by atoms with van der Waals surface area (Å²) in [6, 6.07) is 23.8. The number of benzene rings is 4. The lowest BCUT2D eigenvalue weighted by atomic mass is 9.99. The van der Waals surface area contributed by atoms with Gasteiger partial charge in [-0.25, -0.2) is 12.8 Å². The molecule has 0 aliphatic carbocycles. The number of nitrogens with one attached hydrogen (secondary N) is 2. The number of nitrogens with zero attached hydrogens (tertiary/aromatic N) is 5. The molecule has 2 aliphatic heterocycles. The van der Waals surface area contributed by atoms with Crippen LogP contribution in [0, 0.1) is 22.9 Å². The van der Waals surface area contributed by atoms with Gasteiger partial charge in [0.2, 0.25) is 0 Å². The van der Waals surface area contributed by atoms with E-state index in [1.165, 1.54) is 24.5 Å². The minimum atomic E-state index is -3.78. The number of morpholine rings is 1. The van der Waals surface area contributed by atoms with Crippen LogP contribution in [-0.2, 0) is 23.7 Å². The van der Waals surface area contributed by atoms with Crippen LogP contribution >= 0.6 is 19.1 Å². The van der Waals surface area contributed by atoms with E-state index in [1.54, 1.807) is 50.2 Å². The maximum atomic E-state index is 15.7. The van der Waals surface area contributed by atoms with Crippen LogP contribution < -0.4 is 25.5 Å². The van der Waals surface area contributed by atoms with Gasteiger partial charge in [-0.05, 0) is 119 Å². The highest BCUT2D eigenvalue weighted by Gasteiger charge is 2.32. The molecule has 1 aromatic heterocycles. The summed E-state index contributed by atoms with van der Waals surface area (Å²) in [6.45, 7) is 14.5. The van der Waals surface area contributed by atoms with Crippen molar-refractivity contribution in [1.82, 2.24) is 9.47 Å². The van der Waals surface area contributed by atoms with Gasteiger partial charge >= 0.3 is 7.52 Å². The minimum Gasteiger partial charge on any atom is -0.379 e. The minimum absolute atomic E-state index is 0.0922. The van der Waals surface area contributed by atoms with Crippen molar-refractivity contribution in [3.63, 3.8) is 0 Å². The molecule has 0 bridgehead atoms. The van der Waals surface area contributed by atoms with Gasteiger partial charge in [0.05, 0.1) is 40.6 Å². The zero-order chi connectivity index (χ0) is 45.8. The first-order chi connectivity index (χ1) is 30.6. The van der Waals surface area contributed by atoms with E-state index in [1.807, 2.05) is 48.7 Å². The van der Waals surface area contributed by atoms with E-state index in [9.17, 15) is 23.1 Å². The quantitative estimate of drug-likeness (QED) is 0.0396. The van der Waals surface area contributed by atoms with Crippen molar-refractivity contribution in [3.05, 3.63) is 112 Å². The van der Waals surface area contributed by atoms with Gasteiger partial charge < -0.3 is 34.0 Å². The zero-order valence-electron chi connectivity index (χ0n) is 36.9. The fourth-order valence-electron chi connectivity index (χ4n) is 8.69. The third-order valence-electron chi connectivity index (χ3n) is 11.6. The monoisotopic (exact) mass is 935 g/mol. The largest absolute Gasteiger partial charge is 0.379 e. The number of sulfone groups is 1. The normalized spacial score (nSPS) is 15.9. The molecule has 0 amide bonds. The van der Waals surface area contributed by atoms with Crippen molar-refractivity contribution < 1.29 is 31.6 Å². The molecule has 0 radical (unpaired) electrons. The maximum absolute atomic E-state index is 15.7. The first-order valence-electron chi connectivity index (χ1n) is 21.5. The van der Waals surface area contributed by atoms with Crippen LogP contribution in [0.2, 0.25) is 5.02 Å². The Labute approximate surface area is 379 Å². The Morgan fingerprint density at radius 3 is 2.17 bits per heavy atom. The Balaban J connectivity index is 1.05. The van der Waals surface area contributed by atoms with Crippen molar-refractivity contribution in [1.29, 1.82) is 0 Å². The lowest BCUT2D eigenvalue weighted by molar-refractivity contribution is -0.383. The molecule has 1 atom stereocenters. The molecule has 18 heteroatoms. The molecule has 7 rings (SSSR count). The molecule has 2 N–H and O–H groups in total. The van der Waals surface area contributed by atoms with E-state index in [4.69, 9.17) is 20.9 Å². The van der Waals surface area contributed by atoms with Gasteiger partial charge in [0, 0.05) is 97.5 Å². The number of anilines is 4. The van der Waals surface area contributed by atoms with Crippen LogP contribution in [0.5, 0.6) is 0 Å². The summed E-state index contributed by atoms with van der Waals surface area (Å²) >= 11 is 6.25. The number of ether oxygens (including phenoxy) is 1. The van der Waals surface area contributed by atoms with Crippen LogP contribution in [0.1, 0.15) is 38.9 Å². The van der Waals surface area contributed by atoms with Crippen molar-refractivity contribution in [3.8, 4) is 22.4 Å². The standard InChI is InChI=1S/C46H56ClFN7O7PS/c1-6-62-63(58,41-16-17-42(43(31-41)55(56)57)49-18-7-19-51-24-26-61-27-25-51)50-38-12-14-39(15-13-38)52-20-22-53(23-21-52)40-29-35(28-37(48)30-40)44-45(34-8-10-36(47)11-9-34)54(32(2)3)33(4)46(44)64(5,59)60/h8-17,28-32,49H,6-7,18-27H2,1-5H3,(H,50,58). The highest BCUT2D eigenvalue weighted by molar-refractivity contribution is 7.91. The molecule has 14 nitrogen and oxygen atoms in total. The summed E-state index contributed by atoms with van der Waals surface area (Å²) in [6.07, 6.45) is 1.99. The molecule has 2 aliphatic rings. The third-order valence-corrected chi connectivity index (χ3v) is 15.2. The number of nitro benzene ring substituents is 1. The SMILES string of the molecule is CCOP(=O)(Nc1ccc(N2CCN(c3cc(F)cc(-c4c(S(C)(=O)=O)c(C)n(C(C)C)c4-c4ccc(Cl)cc4)c3)CC2)cc1)c1ccc(NCCCN2CCOCC2)c([N+](=O)[O-])c1. The van der Waals surface area contributed by atoms with E-state index in [0.29, 0.717) is 90.5 Å². The van der Waals surface area contributed by atoms with Gasteiger partial charge in [-0.1, -0.05) is 23.7 Å². The van der Waals surface area contributed by atoms with E-state index in [0.717, 1.165) is 37.3 Å². The number of piperazine rings is 1. The Kier molecular flexibility index (Phi) is 14.7. The van der Waals surface area contributed by atoms with Crippen molar-refractivity contribution in [2.45, 2.75) is 45.1 Å². The fraction of sp³-hybridized carbons (Fsp3) is 0.391. The van der Waals surface area contributed by atoms with Crippen LogP contribution in [-0.4, -0.2) is 101 Å². The molecule has 2 fully saturated rings. The van der Waals surface area contributed by atoms with Crippen LogP contribution in [0.15, 0.2) is 89.8 Å². The average Bonchev–Trinajstić information content (AvgIpc) is 3.59. The molecular weight excluding hydrogens is 880 g/mol. The Hall–Kier alpha value is -4.96. The third kappa shape index (κ3) is 10.6.